The van der Waals surface area contributed by atoms with Crippen LogP contribution in [0.4, 0.5) is 0 Å². The first-order valence-corrected chi connectivity index (χ1v) is 9.14. The third kappa shape index (κ3) is 5.44. The lowest BCUT2D eigenvalue weighted by Gasteiger charge is -2.31. The summed E-state index contributed by atoms with van der Waals surface area (Å²) < 4.78 is 0.930. The molecule has 0 spiro atoms. The quantitative estimate of drug-likeness (QED) is 0.750. The first-order valence-electron chi connectivity index (χ1n) is 7.06. The number of halogens is 1. The highest BCUT2D eigenvalue weighted by Crippen LogP contribution is 2.22. The van der Waals surface area contributed by atoms with Crippen LogP contribution in [0.3, 0.4) is 0 Å². The van der Waals surface area contributed by atoms with Gasteiger partial charge in [0.2, 0.25) is 0 Å². The highest BCUT2D eigenvalue weighted by molar-refractivity contribution is 9.10. The van der Waals surface area contributed by atoms with Gasteiger partial charge in [-0.15, -0.1) is 0 Å². The summed E-state index contributed by atoms with van der Waals surface area (Å²) in [7, 11) is 0. The molecule has 0 atom stereocenters. The number of aryl methyl sites for hydroxylation is 1. The van der Waals surface area contributed by atoms with Gasteiger partial charge in [0.1, 0.15) is 4.60 Å². The van der Waals surface area contributed by atoms with Crippen LogP contribution >= 0.6 is 27.7 Å². The second-order valence-corrected chi connectivity index (χ2v) is 6.54. The molecule has 2 nitrogen and oxygen atoms in total. The van der Waals surface area contributed by atoms with Crippen LogP contribution in [0.15, 0.2) is 16.7 Å². The molecule has 19 heavy (non-hydrogen) atoms. The smallest absolute Gasteiger partial charge is 0.106 e. The van der Waals surface area contributed by atoms with Crippen LogP contribution in [0.25, 0.3) is 0 Å². The summed E-state index contributed by atoms with van der Waals surface area (Å²) in [6.07, 6.45) is 4.87. The Hall–Kier alpha value is -0.0600. The molecule has 0 unspecified atom stereocenters. The molecule has 1 saturated heterocycles. The predicted molar refractivity (Wildman–Crippen MR) is 89.8 cm³/mol. The fraction of sp³-hybridized carbons (Fsp3) is 0.667. The first-order chi connectivity index (χ1) is 9.19. The lowest BCUT2D eigenvalue weighted by Crippen LogP contribution is -2.34. The van der Waals surface area contributed by atoms with E-state index in [9.17, 15) is 0 Å². The van der Waals surface area contributed by atoms with Crippen LogP contribution in [0.1, 0.15) is 37.9 Å². The summed E-state index contributed by atoms with van der Waals surface area (Å²) in [5.74, 6) is 0. The van der Waals surface area contributed by atoms with E-state index < -0.39 is 0 Å². The number of thioether (sulfide) groups is 1. The maximum absolute atomic E-state index is 4.46. The Labute approximate surface area is 130 Å². The Balaban J connectivity index is 0.000000861. The molecule has 0 bridgehead atoms. The molecule has 0 saturated carbocycles. The largest absolute Gasteiger partial charge is 0.299 e. The molecule has 1 aromatic rings. The number of likely N-dealkylation sites (tertiary alicyclic amines) is 1. The van der Waals surface area contributed by atoms with Crippen molar-refractivity contribution < 1.29 is 0 Å². The lowest BCUT2D eigenvalue weighted by atomic mass is 10.1. The van der Waals surface area contributed by atoms with Gasteiger partial charge in [-0.1, -0.05) is 19.9 Å². The van der Waals surface area contributed by atoms with E-state index in [1.165, 1.54) is 31.5 Å². The van der Waals surface area contributed by atoms with Crippen molar-refractivity contribution in [1.29, 1.82) is 0 Å². The van der Waals surface area contributed by atoms with Crippen molar-refractivity contribution in [2.75, 3.05) is 19.3 Å². The van der Waals surface area contributed by atoms with E-state index in [4.69, 9.17) is 0 Å². The molecule has 1 fully saturated rings. The minimum absolute atomic E-state index is 0.871. The molecular weight excluding hydrogens is 320 g/mol. The van der Waals surface area contributed by atoms with Gasteiger partial charge in [-0.25, -0.2) is 4.98 Å². The molecule has 0 N–H and O–H groups in total. The molecule has 108 valence electrons. The molecule has 1 aliphatic heterocycles. The zero-order valence-corrected chi connectivity index (χ0v) is 14.9. The minimum Gasteiger partial charge on any atom is -0.299 e. The monoisotopic (exact) mass is 344 g/mol. The van der Waals surface area contributed by atoms with Gasteiger partial charge >= 0.3 is 0 Å². The Morgan fingerprint density at radius 3 is 2.47 bits per heavy atom. The van der Waals surface area contributed by atoms with E-state index in [2.05, 4.69) is 45.1 Å². The summed E-state index contributed by atoms with van der Waals surface area (Å²) >= 11 is 5.43. The zero-order valence-electron chi connectivity index (χ0n) is 12.4. The Morgan fingerprint density at radius 2 is 1.95 bits per heavy atom. The number of aromatic nitrogens is 1. The van der Waals surface area contributed by atoms with Gasteiger partial charge in [-0.05, 0) is 66.7 Å². The molecule has 0 aliphatic carbocycles. The fourth-order valence-electron chi connectivity index (χ4n) is 2.27. The Kier molecular flexibility index (Phi) is 8.03. The van der Waals surface area contributed by atoms with Crippen molar-refractivity contribution in [3.05, 3.63) is 28.0 Å². The highest BCUT2D eigenvalue weighted by Gasteiger charge is 2.18. The molecule has 0 aromatic carbocycles. The Morgan fingerprint density at radius 1 is 1.32 bits per heavy atom. The van der Waals surface area contributed by atoms with Gasteiger partial charge < -0.3 is 0 Å². The second kappa shape index (κ2) is 8.98. The molecule has 4 heteroatoms. The molecular formula is C15H25BrN2S. The lowest BCUT2D eigenvalue weighted by molar-refractivity contribution is 0.224. The summed E-state index contributed by atoms with van der Waals surface area (Å²) in [6, 6.07) is 4.23. The molecule has 0 radical (unpaired) electrons. The van der Waals surface area contributed by atoms with E-state index in [1.807, 2.05) is 31.7 Å². The SMILES string of the molecule is CC.CSC1CCN(Cc2ccc(Br)nc2C)CC1. The fourth-order valence-corrected chi connectivity index (χ4v) is 3.35. The third-order valence-corrected chi connectivity index (χ3v) is 5.00. The topological polar surface area (TPSA) is 16.1 Å². The summed E-state index contributed by atoms with van der Waals surface area (Å²) in [5.41, 5.74) is 2.50. The van der Waals surface area contributed by atoms with E-state index in [1.54, 1.807) is 0 Å². The third-order valence-electron chi connectivity index (χ3n) is 3.42. The van der Waals surface area contributed by atoms with Crippen molar-refractivity contribution in [2.24, 2.45) is 0 Å². The highest BCUT2D eigenvalue weighted by atomic mass is 79.9. The van der Waals surface area contributed by atoms with E-state index >= 15 is 0 Å². The summed E-state index contributed by atoms with van der Waals surface area (Å²) in [4.78, 5) is 7.00. The molecule has 2 heterocycles. The molecule has 1 aliphatic rings. The maximum Gasteiger partial charge on any atom is 0.106 e. The van der Waals surface area contributed by atoms with Gasteiger partial charge in [-0.2, -0.15) is 11.8 Å². The van der Waals surface area contributed by atoms with Crippen molar-refractivity contribution in [1.82, 2.24) is 9.88 Å². The standard InChI is InChI=1S/C13H19BrN2S.C2H6/c1-10-11(3-4-13(14)15-10)9-16-7-5-12(17-2)6-8-16;1-2/h3-4,12H,5-9H2,1-2H3;1-2H3. The van der Waals surface area contributed by atoms with Crippen LogP contribution in [-0.2, 0) is 6.54 Å². The van der Waals surface area contributed by atoms with Gasteiger partial charge in [0, 0.05) is 17.5 Å². The average molecular weight is 345 g/mol. The molecule has 1 aromatic heterocycles. The number of pyridine rings is 1. The van der Waals surface area contributed by atoms with Crippen molar-refractivity contribution >= 4 is 27.7 Å². The maximum atomic E-state index is 4.46. The summed E-state index contributed by atoms with van der Waals surface area (Å²) in [6.45, 7) is 9.59. The zero-order chi connectivity index (χ0) is 14.3. The van der Waals surface area contributed by atoms with Crippen molar-refractivity contribution in [3.63, 3.8) is 0 Å². The Bertz CT molecular complexity index is 376. The number of nitrogens with zero attached hydrogens (tertiary/aromatic N) is 2. The minimum atomic E-state index is 0.871. The van der Waals surface area contributed by atoms with Crippen LogP contribution in [0.2, 0.25) is 0 Å². The van der Waals surface area contributed by atoms with Crippen LogP contribution in [0.5, 0.6) is 0 Å². The number of hydrogen-bond acceptors (Lipinski definition) is 3. The van der Waals surface area contributed by atoms with Gasteiger partial charge in [0.05, 0.1) is 0 Å². The van der Waals surface area contributed by atoms with Crippen molar-refractivity contribution in [3.8, 4) is 0 Å². The van der Waals surface area contributed by atoms with Crippen LogP contribution in [-0.4, -0.2) is 34.5 Å². The van der Waals surface area contributed by atoms with Crippen LogP contribution in [0, 0.1) is 6.92 Å². The van der Waals surface area contributed by atoms with Crippen molar-refractivity contribution in [2.45, 2.75) is 45.4 Å². The van der Waals surface area contributed by atoms with Gasteiger partial charge in [0.15, 0.2) is 0 Å². The first kappa shape index (κ1) is 17.0. The second-order valence-electron chi connectivity index (χ2n) is 4.59. The average Bonchev–Trinajstić information content (AvgIpc) is 2.45. The number of piperidine rings is 1. The summed E-state index contributed by atoms with van der Waals surface area (Å²) in [5, 5.41) is 0.871. The van der Waals surface area contributed by atoms with E-state index in [-0.39, 0.29) is 0 Å². The normalized spacial score (nSPS) is 16.9. The van der Waals surface area contributed by atoms with Crippen LogP contribution < -0.4 is 0 Å². The van der Waals surface area contributed by atoms with E-state index in [0.29, 0.717) is 0 Å². The van der Waals surface area contributed by atoms with E-state index in [0.717, 1.165) is 22.1 Å². The number of hydrogen-bond donors (Lipinski definition) is 0. The number of rotatable bonds is 3. The molecule has 2 rings (SSSR count). The van der Waals surface area contributed by atoms with Gasteiger partial charge in [0.25, 0.3) is 0 Å². The predicted octanol–water partition coefficient (Wildman–Crippen LogP) is 4.51. The molecule has 0 amide bonds. The van der Waals surface area contributed by atoms with Gasteiger partial charge in [-0.3, -0.25) is 4.90 Å².